The first-order valence-corrected chi connectivity index (χ1v) is 13.7. The average molecular weight is 488 g/mol. The van der Waals surface area contributed by atoms with Crippen LogP contribution in [-0.2, 0) is 0 Å². The number of benzene rings is 1. The van der Waals surface area contributed by atoms with Crippen LogP contribution in [0.1, 0.15) is 48.9 Å². The molecule has 2 aromatic heterocycles. The van der Waals surface area contributed by atoms with E-state index in [1.165, 1.54) is 39.0 Å². The Morgan fingerprint density at radius 2 is 1.58 bits per heavy atom. The molecule has 1 aromatic carbocycles. The van der Waals surface area contributed by atoms with Crippen LogP contribution in [0.5, 0.6) is 5.75 Å². The molecule has 0 unspecified atom stereocenters. The van der Waals surface area contributed by atoms with Gasteiger partial charge in [-0.3, -0.25) is 4.79 Å². The highest BCUT2D eigenvalue weighted by Crippen LogP contribution is 2.24. The average Bonchev–Trinajstić information content (AvgIpc) is 3.70. The first kappa shape index (κ1) is 23.5. The maximum atomic E-state index is 12.8. The zero-order valence-electron chi connectivity index (χ0n) is 21.1. The lowest BCUT2D eigenvalue weighted by molar-refractivity contribution is 0.0793. The van der Waals surface area contributed by atoms with E-state index in [2.05, 4.69) is 20.4 Å². The van der Waals surface area contributed by atoms with Crippen LogP contribution in [0.15, 0.2) is 48.8 Å². The van der Waals surface area contributed by atoms with Crippen molar-refractivity contribution >= 4 is 16.8 Å². The summed E-state index contributed by atoms with van der Waals surface area (Å²) in [7, 11) is 0. The summed E-state index contributed by atoms with van der Waals surface area (Å²) in [6, 6.07) is 12.1. The van der Waals surface area contributed by atoms with Crippen LogP contribution in [0.25, 0.3) is 16.7 Å². The minimum absolute atomic E-state index is 0.138. The topological polar surface area (TPSA) is 53.8 Å². The first-order valence-electron chi connectivity index (χ1n) is 13.7. The summed E-state index contributed by atoms with van der Waals surface area (Å²) in [5.41, 5.74) is 1.82. The van der Waals surface area contributed by atoms with Gasteiger partial charge in [0.1, 0.15) is 17.7 Å². The number of piperidine rings is 1. The highest BCUT2D eigenvalue weighted by molar-refractivity contribution is 5.98. The Morgan fingerprint density at radius 1 is 0.861 bits per heavy atom. The van der Waals surface area contributed by atoms with Gasteiger partial charge in [0, 0.05) is 56.4 Å². The molecule has 7 heteroatoms. The van der Waals surface area contributed by atoms with Crippen LogP contribution in [0.3, 0.4) is 0 Å². The molecule has 0 atom stereocenters. The van der Waals surface area contributed by atoms with Crippen molar-refractivity contribution in [1.29, 1.82) is 0 Å². The van der Waals surface area contributed by atoms with Crippen LogP contribution < -0.4 is 4.74 Å². The Bertz CT molecular complexity index is 1170. The van der Waals surface area contributed by atoms with Gasteiger partial charge in [0.05, 0.1) is 11.7 Å². The molecular weight excluding hydrogens is 450 g/mol. The Morgan fingerprint density at radius 3 is 2.31 bits per heavy atom. The minimum atomic E-state index is 0.138. The van der Waals surface area contributed by atoms with Crippen molar-refractivity contribution in [2.75, 3.05) is 52.4 Å². The van der Waals surface area contributed by atoms with Gasteiger partial charge in [0.2, 0.25) is 0 Å². The van der Waals surface area contributed by atoms with Gasteiger partial charge < -0.3 is 24.0 Å². The quantitative estimate of drug-likeness (QED) is 0.500. The van der Waals surface area contributed by atoms with Gasteiger partial charge in [0.25, 0.3) is 5.91 Å². The number of carbonyl (C=O) groups is 1. The van der Waals surface area contributed by atoms with E-state index in [-0.39, 0.29) is 12.0 Å². The zero-order chi connectivity index (χ0) is 24.3. The molecule has 3 saturated heterocycles. The Balaban J connectivity index is 1.05. The highest BCUT2D eigenvalue weighted by Gasteiger charge is 2.22. The molecule has 0 radical (unpaired) electrons. The molecule has 0 saturated carbocycles. The van der Waals surface area contributed by atoms with Crippen molar-refractivity contribution in [3.8, 4) is 11.6 Å². The summed E-state index contributed by atoms with van der Waals surface area (Å²) in [5.74, 6) is 1.83. The molecule has 36 heavy (non-hydrogen) atoms. The smallest absolute Gasteiger partial charge is 0.253 e. The SMILES string of the molecule is O=C(c1ccc2c(ccn2-c2ccc(OC3CCN(CCN4CCCC4)CC3)cn2)c1)N1CCCC1. The number of hydrogen-bond donors (Lipinski definition) is 0. The fraction of sp³-hybridized carbons (Fsp3) is 0.517. The molecular formula is C29H37N5O2. The molecule has 7 nitrogen and oxygen atoms in total. The van der Waals surface area contributed by atoms with E-state index >= 15 is 0 Å². The van der Waals surface area contributed by atoms with E-state index < -0.39 is 0 Å². The molecule has 3 aliphatic rings. The number of pyridine rings is 1. The number of fused-ring (bicyclic) bond motifs is 1. The van der Waals surface area contributed by atoms with Gasteiger partial charge in [-0.1, -0.05) is 0 Å². The van der Waals surface area contributed by atoms with Crippen LogP contribution in [-0.4, -0.2) is 88.6 Å². The van der Waals surface area contributed by atoms with Crippen molar-refractivity contribution in [2.45, 2.75) is 44.6 Å². The van der Waals surface area contributed by atoms with Crippen molar-refractivity contribution < 1.29 is 9.53 Å². The van der Waals surface area contributed by atoms with Crippen molar-refractivity contribution in [3.05, 3.63) is 54.4 Å². The fourth-order valence-corrected chi connectivity index (χ4v) is 5.90. The summed E-state index contributed by atoms with van der Waals surface area (Å²) < 4.78 is 8.35. The second kappa shape index (κ2) is 10.6. The maximum Gasteiger partial charge on any atom is 0.253 e. The molecule has 6 rings (SSSR count). The number of hydrogen-bond acceptors (Lipinski definition) is 5. The van der Waals surface area contributed by atoms with Gasteiger partial charge in [-0.15, -0.1) is 0 Å². The monoisotopic (exact) mass is 487 g/mol. The van der Waals surface area contributed by atoms with Gasteiger partial charge in [-0.25, -0.2) is 4.98 Å². The number of ether oxygens (including phenoxy) is 1. The maximum absolute atomic E-state index is 12.8. The summed E-state index contributed by atoms with van der Waals surface area (Å²) >= 11 is 0. The van der Waals surface area contributed by atoms with Crippen molar-refractivity contribution in [2.24, 2.45) is 0 Å². The van der Waals surface area contributed by atoms with Gasteiger partial charge >= 0.3 is 0 Å². The fourth-order valence-electron chi connectivity index (χ4n) is 5.90. The largest absolute Gasteiger partial charge is 0.489 e. The number of amides is 1. The Labute approximate surface area is 213 Å². The van der Waals surface area contributed by atoms with Gasteiger partial charge in [-0.2, -0.15) is 0 Å². The predicted octanol–water partition coefficient (Wildman–Crippen LogP) is 4.20. The second-order valence-corrected chi connectivity index (χ2v) is 10.5. The lowest BCUT2D eigenvalue weighted by atomic mass is 10.1. The molecule has 3 aliphatic heterocycles. The minimum Gasteiger partial charge on any atom is -0.489 e. The number of rotatable bonds is 7. The molecule has 3 fully saturated rings. The lowest BCUT2D eigenvalue weighted by Gasteiger charge is -2.33. The molecule has 190 valence electrons. The lowest BCUT2D eigenvalue weighted by Crippen LogP contribution is -2.41. The van der Waals surface area contributed by atoms with E-state index in [4.69, 9.17) is 9.72 Å². The molecule has 5 heterocycles. The third-order valence-electron chi connectivity index (χ3n) is 8.07. The molecule has 0 N–H and O–H groups in total. The standard InChI is InChI=1S/C29H37N5O2/c35-29(33-14-3-4-15-33)24-5-7-27-23(21-24)9-18-34(27)28-8-6-26(22-30-28)36-25-10-16-32(17-11-25)20-19-31-12-1-2-13-31/h5-9,18,21-22,25H,1-4,10-17,19-20H2. The number of aromatic nitrogens is 2. The first-order chi connectivity index (χ1) is 17.7. The van der Waals surface area contributed by atoms with Crippen LogP contribution in [0.4, 0.5) is 0 Å². The number of nitrogens with zero attached hydrogens (tertiary/aromatic N) is 5. The van der Waals surface area contributed by atoms with E-state index in [1.807, 2.05) is 47.6 Å². The number of carbonyl (C=O) groups excluding carboxylic acids is 1. The van der Waals surface area contributed by atoms with Gasteiger partial charge in [-0.05, 0) is 88.0 Å². The molecule has 3 aromatic rings. The van der Waals surface area contributed by atoms with Crippen LogP contribution in [0, 0.1) is 0 Å². The highest BCUT2D eigenvalue weighted by atomic mass is 16.5. The molecule has 1 amide bonds. The molecule has 0 bridgehead atoms. The predicted molar refractivity (Wildman–Crippen MR) is 142 cm³/mol. The summed E-state index contributed by atoms with van der Waals surface area (Å²) in [6.45, 7) is 8.91. The number of likely N-dealkylation sites (tertiary alicyclic amines) is 3. The van der Waals surface area contributed by atoms with Crippen LogP contribution in [0.2, 0.25) is 0 Å². The van der Waals surface area contributed by atoms with E-state index in [9.17, 15) is 4.79 Å². The molecule has 0 aliphatic carbocycles. The normalized spacial score (nSPS) is 19.9. The second-order valence-electron chi connectivity index (χ2n) is 10.5. The molecule has 0 spiro atoms. The van der Waals surface area contributed by atoms with Gasteiger partial charge in [0.15, 0.2) is 0 Å². The third kappa shape index (κ3) is 5.13. The van der Waals surface area contributed by atoms with E-state index in [0.29, 0.717) is 0 Å². The summed E-state index contributed by atoms with van der Waals surface area (Å²) in [5, 5.41) is 1.05. The third-order valence-corrected chi connectivity index (χ3v) is 8.07. The van der Waals surface area contributed by atoms with E-state index in [1.54, 1.807) is 0 Å². The van der Waals surface area contributed by atoms with Crippen molar-refractivity contribution in [3.63, 3.8) is 0 Å². The van der Waals surface area contributed by atoms with E-state index in [0.717, 1.165) is 79.9 Å². The van der Waals surface area contributed by atoms with Crippen molar-refractivity contribution in [1.82, 2.24) is 24.3 Å². The Hall–Kier alpha value is -2.90. The zero-order valence-corrected chi connectivity index (χ0v) is 21.1. The summed E-state index contributed by atoms with van der Waals surface area (Å²) in [6.07, 6.45) is 11.2. The van der Waals surface area contributed by atoms with Crippen LogP contribution >= 0.6 is 0 Å². The summed E-state index contributed by atoms with van der Waals surface area (Å²) in [4.78, 5) is 24.6. The Kier molecular flexibility index (Phi) is 6.92.